The summed E-state index contributed by atoms with van der Waals surface area (Å²) in [5, 5.41) is 5.39. The Balaban J connectivity index is 1.74. The number of hydrogen-bond donors (Lipinski definition) is 4. The Morgan fingerprint density at radius 1 is 1.46 bits per heavy atom. The maximum absolute atomic E-state index is 13.1. The van der Waals surface area contributed by atoms with Crippen molar-refractivity contribution in [2.24, 2.45) is 5.73 Å². The fourth-order valence-electron chi connectivity index (χ4n) is 3.43. The number of thiocarbonyl (C=S) groups is 1. The van der Waals surface area contributed by atoms with Gasteiger partial charge >= 0.3 is 0 Å². The van der Waals surface area contributed by atoms with E-state index in [0.29, 0.717) is 19.4 Å². The van der Waals surface area contributed by atoms with E-state index in [1.54, 1.807) is 11.1 Å². The number of nitrogens with two attached hydrogens (primary N) is 1. The maximum Gasteiger partial charge on any atom is 0.246 e. The third-order valence-electron chi connectivity index (χ3n) is 4.77. The number of aromatic amines is 1. The smallest absolute Gasteiger partial charge is 0.246 e. The van der Waals surface area contributed by atoms with Gasteiger partial charge in [-0.25, -0.2) is 4.98 Å². The molecule has 1 aromatic heterocycles. The molecule has 3 amide bonds. The Hall–Kier alpha value is -2.49. The number of likely N-dealkylation sites (tertiary alicyclic amines) is 1. The van der Waals surface area contributed by atoms with Gasteiger partial charge in [-0.3, -0.25) is 14.4 Å². The largest absolute Gasteiger partial charge is 0.392 e. The molecule has 2 fully saturated rings. The number of imidazole rings is 1. The number of nitrogens with zero attached hydrogens (tertiary/aromatic N) is 2. The van der Waals surface area contributed by atoms with E-state index in [1.807, 2.05) is 0 Å². The average Bonchev–Trinajstić information content (AvgIpc) is 3.34. The third kappa shape index (κ3) is 4.01. The Morgan fingerprint density at radius 3 is 2.88 bits per heavy atom. The molecule has 5 N–H and O–H groups in total. The summed E-state index contributed by atoms with van der Waals surface area (Å²) < 4.78 is 0. The molecule has 3 unspecified atom stereocenters. The second-order valence-corrected chi connectivity index (χ2v) is 7.06. The van der Waals surface area contributed by atoms with Crippen LogP contribution in [0.3, 0.4) is 0 Å². The molecule has 2 saturated heterocycles. The topological polar surface area (TPSA) is 133 Å². The zero-order valence-electron chi connectivity index (χ0n) is 14.2. The molecule has 140 valence electrons. The fraction of sp³-hybridized carbons (Fsp3) is 0.562. The third-order valence-corrected chi connectivity index (χ3v) is 5.04. The zero-order valence-corrected chi connectivity index (χ0v) is 15.1. The van der Waals surface area contributed by atoms with Gasteiger partial charge in [0.1, 0.15) is 12.1 Å². The molecule has 1 aromatic rings. The highest BCUT2D eigenvalue weighted by Gasteiger charge is 2.37. The molecule has 3 rings (SSSR count). The molecule has 2 aliphatic rings. The molecular formula is C16H22N6O3S. The van der Waals surface area contributed by atoms with Gasteiger partial charge in [0.15, 0.2) is 0 Å². The molecule has 0 bridgehead atoms. The molecule has 3 atom stereocenters. The molecule has 2 aliphatic heterocycles. The Bertz CT molecular complexity index is 707. The van der Waals surface area contributed by atoms with Crippen LogP contribution in [0.15, 0.2) is 12.5 Å². The molecule has 9 nitrogen and oxygen atoms in total. The van der Waals surface area contributed by atoms with Crippen molar-refractivity contribution in [2.45, 2.75) is 50.2 Å². The highest BCUT2D eigenvalue weighted by molar-refractivity contribution is 7.80. The predicted octanol–water partition coefficient (Wildman–Crippen LogP) is -1.01. The molecular weight excluding hydrogens is 356 g/mol. The summed E-state index contributed by atoms with van der Waals surface area (Å²) in [5.41, 5.74) is 6.49. The lowest BCUT2D eigenvalue weighted by Crippen LogP contribution is -2.55. The summed E-state index contributed by atoms with van der Waals surface area (Å²) in [4.78, 5) is 45.7. The first-order valence-corrected chi connectivity index (χ1v) is 9.03. The number of hydrogen-bond acceptors (Lipinski definition) is 5. The average molecular weight is 378 g/mol. The minimum absolute atomic E-state index is 0.158. The van der Waals surface area contributed by atoms with E-state index in [-0.39, 0.29) is 35.2 Å². The van der Waals surface area contributed by atoms with Crippen molar-refractivity contribution in [2.75, 3.05) is 6.54 Å². The number of rotatable bonds is 6. The molecule has 0 saturated carbocycles. The van der Waals surface area contributed by atoms with Crippen LogP contribution >= 0.6 is 12.2 Å². The minimum atomic E-state index is -0.782. The second kappa shape index (κ2) is 7.81. The lowest BCUT2D eigenvalue weighted by Gasteiger charge is -2.29. The quantitative estimate of drug-likeness (QED) is 0.469. The van der Waals surface area contributed by atoms with Crippen LogP contribution < -0.4 is 16.4 Å². The van der Waals surface area contributed by atoms with E-state index in [1.165, 1.54) is 6.33 Å². The summed E-state index contributed by atoms with van der Waals surface area (Å²) in [7, 11) is 0. The molecule has 0 spiro atoms. The van der Waals surface area contributed by atoms with Crippen molar-refractivity contribution >= 4 is 34.9 Å². The first-order chi connectivity index (χ1) is 12.5. The lowest BCUT2D eigenvalue weighted by molar-refractivity contribution is -0.136. The lowest BCUT2D eigenvalue weighted by atomic mass is 10.1. The van der Waals surface area contributed by atoms with E-state index < -0.39 is 12.1 Å². The zero-order chi connectivity index (χ0) is 18.7. The summed E-state index contributed by atoms with van der Waals surface area (Å²) in [6.07, 6.45) is 5.68. The van der Waals surface area contributed by atoms with Gasteiger partial charge in [-0.2, -0.15) is 0 Å². The number of carbonyl (C=O) groups is 3. The summed E-state index contributed by atoms with van der Waals surface area (Å²) in [6, 6.07) is -1.68. The number of amides is 3. The standard InChI is InChI=1S/C16H22N6O3S/c17-14(26)12-2-1-5-22(12)16(25)11(6-9-7-18-8-19-9)21-15(24)10-3-4-13(23)20-10/h7-8,10-12H,1-6H2,(H2,17,26)(H,18,19)(H,20,23)(H,21,24). The predicted molar refractivity (Wildman–Crippen MR) is 96.9 cm³/mol. The molecule has 10 heteroatoms. The Labute approximate surface area is 156 Å². The normalized spacial score (nSPS) is 23.5. The molecule has 0 aromatic carbocycles. The molecule has 26 heavy (non-hydrogen) atoms. The number of H-pyrrole nitrogens is 1. The molecule has 0 aliphatic carbocycles. The van der Waals surface area contributed by atoms with Gasteiger partial charge in [0.25, 0.3) is 0 Å². The van der Waals surface area contributed by atoms with Gasteiger partial charge in [0.2, 0.25) is 17.7 Å². The Morgan fingerprint density at radius 2 is 2.27 bits per heavy atom. The van der Waals surface area contributed by atoms with Gasteiger partial charge in [0, 0.05) is 31.3 Å². The fourth-order valence-corrected chi connectivity index (χ4v) is 3.67. The van der Waals surface area contributed by atoms with Crippen LogP contribution in [0.4, 0.5) is 0 Å². The maximum atomic E-state index is 13.1. The van der Waals surface area contributed by atoms with Crippen molar-refractivity contribution in [3.63, 3.8) is 0 Å². The van der Waals surface area contributed by atoms with E-state index in [4.69, 9.17) is 18.0 Å². The summed E-state index contributed by atoms with van der Waals surface area (Å²) in [5.74, 6) is -0.748. The van der Waals surface area contributed by atoms with Crippen molar-refractivity contribution in [3.8, 4) is 0 Å². The monoisotopic (exact) mass is 378 g/mol. The first kappa shape index (κ1) is 18.3. The van der Waals surface area contributed by atoms with Crippen LogP contribution in [-0.2, 0) is 20.8 Å². The van der Waals surface area contributed by atoms with Crippen LogP contribution in [0.1, 0.15) is 31.4 Å². The van der Waals surface area contributed by atoms with Gasteiger partial charge < -0.3 is 26.3 Å². The summed E-state index contributed by atoms with van der Waals surface area (Å²) >= 11 is 5.08. The van der Waals surface area contributed by atoms with E-state index in [0.717, 1.165) is 18.5 Å². The van der Waals surface area contributed by atoms with Crippen LogP contribution in [0.25, 0.3) is 0 Å². The van der Waals surface area contributed by atoms with Crippen LogP contribution in [-0.4, -0.2) is 62.2 Å². The number of carbonyl (C=O) groups excluding carboxylic acids is 3. The second-order valence-electron chi connectivity index (χ2n) is 6.59. The summed E-state index contributed by atoms with van der Waals surface area (Å²) in [6.45, 7) is 0.552. The van der Waals surface area contributed by atoms with E-state index in [2.05, 4.69) is 20.6 Å². The molecule has 3 heterocycles. The Kier molecular flexibility index (Phi) is 5.50. The van der Waals surface area contributed by atoms with Gasteiger partial charge in [0.05, 0.1) is 17.4 Å². The molecule has 0 radical (unpaired) electrons. The number of nitrogens with one attached hydrogen (secondary N) is 3. The van der Waals surface area contributed by atoms with Crippen molar-refractivity contribution < 1.29 is 14.4 Å². The highest BCUT2D eigenvalue weighted by atomic mass is 32.1. The number of aromatic nitrogens is 2. The van der Waals surface area contributed by atoms with Crippen LogP contribution in [0, 0.1) is 0 Å². The van der Waals surface area contributed by atoms with Crippen LogP contribution in [0.2, 0.25) is 0 Å². The first-order valence-electron chi connectivity index (χ1n) is 8.62. The van der Waals surface area contributed by atoms with E-state index >= 15 is 0 Å². The SMILES string of the molecule is NC(=S)C1CCCN1C(=O)C(Cc1cnc[nH]1)NC(=O)C1CCC(=O)N1. The van der Waals surface area contributed by atoms with Crippen molar-refractivity contribution in [3.05, 3.63) is 18.2 Å². The minimum Gasteiger partial charge on any atom is -0.392 e. The highest BCUT2D eigenvalue weighted by Crippen LogP contribution is 2.19. The van der Waals surface area contributed by atoms with E-state index in [9.17, 15) is 14.4 Å². The van der Waals surface area contributed by atoms with Gasteiger partial charge in [-0.1, -0.05) is 12.2 Å². The van der Waals surface area contributed by atoms with Crippen molar-refractivity contribution in [1.82, 2.24) is 25.5 Å². The van der Waals surface area contributed by atoms with Gasteiger partial charge in [-0.15, -0.1) is 0 Å². The van der Waals surface area contributed by atoms with Crippen molar-refractivity contribution in [1.29, 1.82) is 0 Å². The van der Waals surface area contributed by atoms with Crippen LogP contribution in [0.5, 0.6) is 0 Å². The van der Waals surface area contributed by atoms with Gasteiger partial charge in [-0.05, 0) is 19.3 Å².